The van der Waals surface area contributed by atoms with Gasteiger partial charge in [-0.3, -0.25) is 4.79 Å². The summed E-state index contributed by atoms with van der Waals surface area (Å²) in [7, 11) is 0. The molecule has 2 heteroatoms. The highest BCUT2D eigenvalue weighted by atomic mass is 16.5. The fourth-order valence-corrected chi connectivity index (χ4v) is 3.63. The molecule has 0 fully saturated rings. The Balaban J connectivity index is 2.24. The molecule has 0 amide bonds. The van der Waals surface area contributed by atoms with E-state index in [9.17, 15) is 4.79 Å². The number of hydrogen-bond donors (Lipinski definition) is 0. The van der Waals surface area contributed by atoms with Gasteiger partial charge in [0.1, 0.15) is 12.0 Å². The lowest BCUT2D eigenvalue weighted by Gasteiger charge is -2.42. The van der Waals surface area contributed by atoms with E-state index < -0.39 is 0 Å². The lowest BCUT2D eigenvalue weighted by atomic mass is 9.62. The fourth-order valence-electron chi connectivity index (χ4n) is 3.63. The molecule has 1 aliphatic heterocycles. The molecule has 0 unspecified atom stereocenters. The van der Waals surface area contributed by atoms with E-state index in [0.29, 0.717) is 6.61 Å². The first-order chi connectivity index (χ1) is 9.85. The van der Waals surface area contributed by atoms with Gasteiger partial charge in [0.05, 0.1) is 6.61 Å². The molecule has 1 aliphatic carbocycles. The van der Waals surface area contributed by atoms with Gasteiger partial charge in [-0.2, -0.15) is 0 Å². The van der Waals surface area contributed by atoms with Crippen LogP contribution in [-0.4, -0.2) is 12.9 Å². The number of hydrogen-bond acceptors (Lipinski definition) is 2. The molecule has 2 nitrogen and oxygen atoms in total. The molecule has 0 saturated heterocycles. The Morgan fingerprint density at radius 3 is 2.29 bits per heavy atom. The molecule has 0 atom stereocenters. The number of ether oxygens (including phenoxy) is 1. The number of allylic oxidation sites excluding steroid dienone is 1. The van der Waals surface area contributed by atoms with Gasteiger partial charge in [0.15, 0.2) is 0 Å². The number of aldehydes is 1. The lowest BCUT2D eigenvalue weighted by molar-refractivity contribution is -0.104. The van der Waals surface area contributed by atoms with Gasteiger partial charge in [0.2, 0.25) is 0 Å². The van der Waals surface area contributed by atoms with Crippen molar-refractivity contribution in [2.24, 2.45) is 0 Å². The fraction of sp³-hybridized carbons (Fsp3) is 0.526. The maximum absolute atomic E-state index is 10.9. The maximum atomic E-state index is 10.9. The first-order valence-electron chi connectivity index (χ1n) is 7.82. The molecule has 0 bridgehead atoms. The Hall–Kier alpha value is -1.57. The summed E-state index contributed by atoms with van der Waals surface area (Å²) in [5.41, 5.74) is 5.41. The number of benzene rings is 1. The number of fused-ring (bicyclic) bond motifs is 2. The van der Waals surface area contributed by atoms with E-state index >= 15 is 0 Å². The molecule has 112 valence electrons. The van der Waals surface area contributed by atoms with Crippen molar-refractivity contribution in [3.8, 4) is 5.75 Å². The summed E-state index contributed by atoms with van der Waals surface area (Å²) in [4.78, 5) is 10.9. The zero-order valence-electron chi connectivity index (χ0n) is 13.5. The highest BCUT2D eigenvalue weighted by molar-refractivity contribution is 5.84. The van der Waals surface area contributed by atoms with Crippen molar-refractivity contribution in [2.45, 2.75) is 57.8 Å². The largest absolute Gasteiger partial charge is 0.493 e. The summed E-state index contributed by atoms with van der Waals surface area (Å²) < 4.78 is 5.87. The van der Waals surface area contributed by atoms with E-state index in [2.05, 4.69) is 39.8 Å². The second kappa shape index (κ2) is 4.72. The minimum Gasteiger partial charge on any atom is -0.493 e. The summed E-state index contributed by atoms with van der Waals surface area (Å²) in [6.07, 6.45) is 5.78. The third-order valence-electron chi connectivity index (χ3n) is 5.20. The third-order valence-corrected chi connectivity index (χ3v) is 5.20. The Bertz CT molecular complexity index is 621. The summed E-state index contributed by atoms with van der Waals surface area (Å²) in [5.74, 6) is 0.943. The summed E-state index contributed by atoms with van der Waals surface area (Å²) in [6, 6.07) is 4.50. The first kappa shape index (κ1) is 14.4. The van der Waals surface area contributed by atoms with Crippen LogP contribution in [0.15, 0.2) is 18.2 Å². The standard InChI is InChI=1S/C19H24O2/c1-18(2)7-8-19(3,4)16-12-17-14(11-15(16)18)13(5-9-20)6-10-21-17/h5,9,11-12H,6-8,10H2,1-4H3/b13-5+. The van der Waals surface area contributed by atoms with Crippen molar-refractivity contribution in [3.05, 3.63) is 34.9 Å². The third kappa shape index (κ3) is 2.31. The van der Waals surface area contributed by atoms with E-state index in [0.717, 1.165) is 29.6 Å². The van der Waals surface area contributed by atoms with Crippen molar-refractivity contribution < 1.29 is 9.53 Å². The Morgan fingerprint density at radius 2 is 1.67 bits per heavy atom. The van der Waals surface area contributed by atoms with Gasteiger partial charge in [-0.1, -0.05) is 27.7 Å². The number of rotatable bonds is 1. The maximum Gasteiger partial charge on any atom is 0.143 e. The van der Waals surface area contributed by atoms with Gasteiger partial charge < -0.3 is 4.74 Å². The molecule has 0 radical (unpaired) electrons. The quantitative estimate of drug-likeness (QED) is 0.564. The van der Waals surface area contributed by atoms with Crippen LogP contribution in [0.1, 0.15) is 63.6 Å². The lowest BCUT2D eigenvalue weighted by Crippen LogP contribution is -2.34. The molecular formula is C19H24O2. The molecule has 2 aliphatic rings. The van der Waals surface area contributed by atoms with Crippen LogP contribution in [-0.2, 0) is 15.6 Å². The molecule has 0 saturated carbocycles. The zero-order chi connectivity index (χ0) is 15.3. The molecule has 0 aromatic heterocycles. The predicted molar refractivity (Wildman–Crippen MR) is 85.9 cm³/mol. The Labute approximate surface area is 127 Å². The van der Waals surface area contributed by atoms with E-state index in [1.807, 2.05) is 0 Å². The Kier molecular flexibility index (Phi) is 3.23. The highest BCUT2D eigenvalue weighted by Gasteiger charge is 2.38. The summed E-state index contributed by atoms with van der Waals surface area (Å²) in [6.45, 7) is 9.94. The average Bonchev–Trinajstić information content (AvgIpc) is 2.44. The number of carbonyl (C=O) groups is 1. The van der Waals surface area contributed by atoms with Crippen molar-refractivity contribution >= 4 is 11.9 Å². The van der Waals surface area contributed by atoms with Crippen LogP contribution in [0.4, 0.5) is 0 Å². The smallest absolute Gasteiger partial charge is 0.143 e. The normalized spacial score (nSPS) is 23.9. The predicted octanol–water partition coefficient (Wildman–Crippen LogP) is 4.40. The van der Waals surface area contributed by atoms with Crippen LogP contribution >= 0.6 is 0 Å². The Morgan fingerprint density at radius 1 is 1.05 bits per heavy atom. The molecule has 1 heterocycles. The second-order valence-corrected chi connectivity index (χ2v) is 7.59. The van der Waals surface area contributed by atoms with Crippen LogP contribution in [0.3, 0.4) is 0 Å². The van der Waals surface area contributed by atoms with Gasteiger partial charge in [-0.15, -0.1) is 0 Å². The van der Waals surface area contributed by atoms with Gasteiger partial charge in [0.25, 0.3) is 0 Å². The molecule has 0 spiro atoms. The monoisotopic (exact) mass is 284 g/mol. The van der Waals surface area contributed by atoms with Crippen molar-refractivity contribution in [2.75, 3.05) is 6.61 Å². The van der Waals surface area contributed by atoms with Crippen LogP contribution in [0.5, 0.6) is 5.75 Å². The molecule has 3 rings (SSSR count). The van der Waals surface area contributed by atoms with Crippen LogP contribution in [0, 0.1) is 0 Å². The number of carbonyl (C=O) groups excluding carboxylic acids is 1. The van der Waals surface area contributed by atoms with E-state index in [1.54, 1.807) is 6.08 Å². The van der Waals surface area contributed by atoms with Gasteiger partial charge >= 0.3 is 0 Å². The van der Waals surface area contributed by atoms with Crippen LogP contribution < -0.4 is 4.74 Å². The average molecular weight is 284 g/mol. The SMILES string of the molecule is CC1(C)CCC(C)(C)c2cc3c(cc21)OCC/C3=C\C=O. The second-order valence-electron chi connectivity index (χ2n) is 7.59. The van der Waals surface area contributed by atoms with Crippen LogP contribution in [0.25, 0.3) is 5.57 Å². The van der Waals surface area contributed by atoms with E-state index in [4.69, 9.17) is 4.74 Å². The molecule has 21 heavy (non-hydrogen) atoms. The van der Waals surface area contributed by atoms with Gasteiger partial charge in [0, 0.05) is 12.0 Å². The van der Waals surface area contributed by atoms with E-state index in [-0.39, 0.29) is 10.8 Å². The topological polar surface area (TPSA) is 26.3 Å². The van der Waals surface area contributed by atoms with E-state index in [1.165, 1.54) is 24.0 Å². The molecule has 0 N–H and O–H groups in total. The minimum absolute atomic E-state index is 0.184. The van der Waals surface area contributed by atoms with Crippen molar-refractivity contribution in [3.63, 3.8) is 0 Å². The summed E-state index contributed by atoms with van der Waals surface area (Å²) >= 11 is 0. The van der Waals surface area contributed by atoms with Crippen molar-refractivity contribution in [1.82, 2.24) is 0 Å². The van der Waals surface area contributed by atoms with Crippen LogP contribution in [0.2, 0.25) is 0 Å². The molecule has 1 aromatic rings. The molecule has 1 aromatic carbocycles. The summed E-state index contributed by atoms with van der Waals surface area (Å²) in [5, 5.41) is 0. The zero-order valence-corrected chi connectivity index (χ0v) is 13.5. The highest BCUT2D eigenvalue weighted by Crippen LogP contribution is 2.49. The minimum atomic E-state index is 0.184. The van der Waals surface area contributed by atoms with Gasteiger partial charge in [-0.25, -0.2) is 0 Å². The van der Waals surface area contributed by atoms with Gasteiger partial charge in [-0.05, 0) is 58.6 Å². The van der Waals surface area contributed by atoms with Crippen molar-refractivity contribution in [1.29, 1.82) is 0 Å². The first-order valence-corrected chi connectivity index (χ1v) is 7.82. The molecular weight excluding hydrogens is 260 g/mol.